The normalized spacial score (nSPS) is 17.3. The molecule has 8 nitrogen and oxygen atoms in total. The topological polar surface area (TPSA) is 101 Å². The van der Waals surface area contributed by atoms with Gasteiger partial charge in [0, 0.05) is 17.1 Å². The van der Waals surface area contributed by atoms with Gasteiger partial charge in [-0.3, -0.25) is 0 Å². The average molecular weight is 492 g/mol. The number of nitrogen functional groups attached to an aromatic ring is 1. The van der Waals surface area contributed by atoms with Crippen LogP contribution < -0.4 is 20.5 Å². The molecule has 2 heterocycles. The van der Waals surface area contributed by atoms with Gasteiger partial charge in [-0.15, -0.1) is 0 Å². The van der Waals surface area contributed by atoms with E-state index >= 15 is 0 Å². The van der Waals surface area contributed by atoms with E-state index in [2.05, 4.69) is 15.3 Å². The van der Waals surface area contributed by atoms with Gasteiger partial charge in [0.1, 0.15) is 24.4 Å². The van der Waals surface area contributed by atoms with Crippen LogP contribution >= 0.6 is 0 Å². The van der Waals surface area contributed by atoms with E-state index in [9.17, 15) is 13.2 Å². The van der Waals surface area contributed by atoms with Gasteiger partial charge in [-0.1, -0.05) is 0 Å². The zero-order chi connectivity index (χ0) is 25.2. The first-order valence-corrected chi connectivity index (χ1v) is 11.1. The second-order valence-corrected chi connectivity index (χ2v) is 8.27. The molecule has 188 valence electrons. The number of alkyl halides is 3. The smallest absolute Gasteiger partial charge is 0.416 e. The van der Waals surface area contributed by atoms with Crippen molar-refractivity contribution < 1.29 is 32.1 Å². The minimum atomic E-state index is -4.50. The van der Waals surface area contributed by atoms with E-state index in [0.29, 0.717) is 59.4 Å². The number of aromatic nitrogens is 2. The van der Waals surface area contributed by atoms with E-state index in [1.807, 2.05) is 0 Å². The summed E-state index contributed by atoms with van der Waals surface area (Å²) >= 11 is 0. The highest BCUT2D eigenvalue weighted by molar-refractivity contribution is 5.92. The highest BCUT2D eigenvalue weighted by Crippen LogP contribution is 2.37. The van der Waals surface area contributed by atoms with Crippen LogP contribution in [0, 0.1) is 6.92 Å². The lowest BCUT2D eigenvalue weighted by Gasteiger charge is -2.23. The maximum Gasteiger partial charge on any atom is 0.416 e. The van der Waals surface area contributed by atoms with Crippen molar-refractivity contribution in [2.75, 3.05) is 44.6 Å². The molecule has 0 saturated carbocycles. The Morgan fingerprint density at radius 2 is 1.94 bits per heavy atom. The molecule has 0 aliphatic carbocycles. The Hall–Kier alpha value is -3.31. The molecule has 35 heavy (non-hydrogen) atoms. The fourth-order valence-corrected chi connectivity index (χ4v) is 3.83. The molecule has 0 amide bonds. The lowest BCUT2D eigenvalue weighted by Crippen LogP contribution is -2.33. The van der Waals surface area contributed by atoms with Crippen molar-refractivity contribution in [3.63, 3.8) is 0 Å². The fraction of sp³-hybridized carbons (Fsp3) is 0.417. The molecule has 1 saturated heterocycles. The van der Waals surface area contributed by atoms with Crippen LogP contribution in [0.2, 0.25) is 0 Å². The Morgan fingerprint density at radius 3 is 2.63 bits per heavy atom. The number of fused-ring (bicyclic) bond motifs is 1. The maximum atomic E-state index is 13.3. The Labute approximate surface area is 200 Å². The van der Waals surface area contributed by atoms with Crippen LogP contribution in [0.5, 0.6) is 11.5 Å². The first-order valence-electron chi connectivity index (χ1n) is 11.1. The molecule has 0 spiro atoms. The second kappa shape index (κ2) is 10.1. The second-order valence-electron chi connectivity index (χ2n) is 8.27. The molecule has 1 aromatic heterocycles. The quantitative estimate of drug-likeness (QED) is 0.465. The molecule has 3 aromatic rings. The van der Waals surface area contributed by atoms with Gasteiger partial charge in [-0.05, 0) is 43.7 Å². The van der Waals surface area contributed by atoms with E-state index < -0.39 is 17.8 Å². The molecule has 1 aliphatic rings. The number of anilines is 2. The lowest BCUT2D eigenvalue weighted by molar-refractivity contribution is -0.137. The number of nitrogens with two attached hydrogens (primary N) is 1. The molecule has 0 radical (unpaired) electrons. The predicted molar refractivity (Wildman–Crippen MR) is 125 cm³/mol. The average Bonchev–Trinajstić information content (AvgIpc) is 2.82. The van der Waals surface area contributed by atoms with E-state index in [1.54, 1.807) is 26.0 Å². The minimum absolute atomic E-state index is 0.0292. The lowest BCUT2D eigenvalue weighted by atomic mass is 10.0. The Kier molecular flexibility index (Phi) is 7.18. The van der Waals surface area contributed by atoms with Crippen LogP contribution in [0.25, 0.3) is 10.9 Å². The molecule has 11 heteroatoms. The van der Waals surface area contributed by atoms with Crippen LogP contribution in [0.15, 0.2) is 30.3 Å². The van der Waals surface area contributed by atoms with Crippen molar-refractivity contribution in [3.8, 4) is 11.5 Å². The van der Waals surface area contributed by atoms with Gasteiger partial charge >= 0.3 is 6.18 Å². The predicted octanol–water partition coefficient (Wildman–Crippen LogP) is 4.52. The summed E-state index contributed by atoms with van der Waals surface area (Å²) in [4.78, 5) is 8.97. The van der Waals surface area contributed by atoms with Gasteiger partial charge in [0.15, 0.2) is 11.5 Å². The maximum absolute atomic E-state index is 13.3. The summed E-state index contributed by atoms with van der Waals surface area (Å²) in [6.07, 6.45) is -4.71. The number of nitrogens with zero attached hydrogens (tertiary/aromatic N) is 2. The zero-order valence-corrected chi connectivity index (χ0v) is 19.6. The molecule has 2 aromatic carbocycles. The van der Waals surface area contributed by atoms with Crippen molar-refractivity contribution in [1.29, 1.82) is 0 Å². The third-order valence-corrected chi connectivity index (χ3v) is 5.56. The third-order valence-electron chi connectivity index (χ3n) is 5.56. The summed E-state index contributed by atoms with van der Waals surface area (Å²) in [7, 11) is 1.53. The summed E-state index contributed by atoms with van der Waals surface area (Å²) in [5.74, 6) is 1.87. The summed E-state index contributed by atoms with van der Waals surface area (Å²) in [6, 6.07) is 6.44. The Morgan fingerprint density at radius 1 is 1.14 bits per heavy atom. The van der Waals surface area contributed by atoms with Gasteiger partial charge in [-0.2, -0.15) is 13.2 Å². The highest BCUT2D eigenvalue weighted by Gasteiger charge is 2.31. The summed E-state index contributed by atoms with van der Waals surface area (Å²) in [5, 5.41) is 3.83. The number of nitrogens with one attached hydrogen (secondary N) is 1. The van der Waals surface area contributed by atoms with Crippen molar-refractivity contribution in [1.82, 2.24) is 9.97 Å². The summed E-state index contributed by atoms with van der Waals surface area (Å²) in [6.45, 7) is 5.22. The first kappa shape index (κ1) is 24.8. The van der Waals surface area contributed by atoms with E-state index in [-0.39, 0.29) is 18.4 Å². The van der Waals surface area contributed by atoms with Gasteiger partial charge in [0.05, 0.1) is 44.1 Å². The van der Waals surface area contributed by atoms with Crippen LogP contribution in [-0.2, 0) is 15.7 Å². The minimum Gasteiger partial charge on any atom is -0.493 e. The SMILES string of the molecule is COc1cc2nc(C)nc(N[C@H](C)c3cc(N)cc(C(F)(F)F)c3)c2cc1OC[C@@H]1COCCO1. The molecule has 0 bridgehead atoms. The summed E-state index contributed by atoms with van der Waals surface area (Å²) < 4.78 is 62.3. The zero-order valence-electron chi connectivity index (χ0n) is 19.6. The molecule has 1 fully saturated rings. The Bertz CT molecular complexity index is 1200. The number of benzene rings is 2. The molecular weight excluding hydrogens is 465 g/mol. The number of rotatable bonds is 7. The van der Waals surface area contributed by atoms with Crippen LogP contribution in [0.4, 0.5) is 24.7 Å². The molecule has 2 atom stereocenters. The molecule has 0 unspecified atom stereocenters. The van der Waals surface area contributed by atoms with Crippen LogP contribution in [0.3, 0.4) is 0 Å². The molecule has 3 N–H and O–H groups in total. The van der Waals surface area contributed by atoms with E-state index in [1.165, 1.54) is 13.2 Å². The monoisotopic (exact) mass is 492 g/mol. The van der Waals surface area contributed by atoms with Crippen molar-refractivity contribution >= 4 is 22.4 Å². The number of hydrogen-bond acceptors (Lipinski definition) is 8. The number of aryl methyl sites for hydroxylation is 1. The molecule has 4 rings (SSSR count). The van der Waals surface area contributed by atoms with Gasteiger partial charge in [-0.25, -0.2) is 9.97 Å². The van der Waals surface area contributed by atoms with Crippen molar-refractivity contribution in [2.45, 2.75) is 32.2 Å². The van der Waals surface area contributed by atoms with Crippen molar-refractivity contribution in [2.24, 2.45) is 0 Å². The molecule has 1 aliphatic heterocycles. The number of hydrogen-bond donors (Lipinski definition) is 2. The van der Waals surface area contributed by atoms with Gasteiger partial charge in [0.25, 0.3) is 0 Å². The standard InChI is InChI=1S/C24H27F3N4O4/c1-13(15-6-16(24(25,26)27)8-17(28)7-15)29-23-19-9-22(35-12-18-11-33-4-5-34-18)21(32-3)10-20(19)30-14(2)31-23/h6-10,13,18H,4-5,11-12,28H2,1-3H3,(H,29,30,31)/t13-,18+/m1/s1. The first-order chi connectivity index (χ1) is 16.6. The number of halogens is 3. The largest absolute Gasteiger partial charge is 0.493 e. The van der Waals surface area contributed by atoms with Gasteiger partial charge in [0.2, 0.25) is 0 Å². The van der Waals surface area contributed by atoms with Crippen LogP contribution in [0.1, 0.15) is 29.9 Å². The van der Waals surface area contributed by atoms with Gasteiger partial charge < -0.3 is 30.0 Å². The third kappa shape index (κ3) is 5.85. The van der Waals surface area contributed by atoms with Crippen LogP contribution in [-0.4, -0.2) is 49.6 Å². The molecular formula is C24H27F3N4O4. The Balaban J connectivity index is 1.66. The fourth-order valence-electron chi connectivity index (χ4n) is 3.83. The number of ether oxygens (including phenoxy) is 4. The van der Waals surface area contributed by atoms with Crippen molar-refractivity contribution in [3.05, 3.63) is 47.3 Å². The highest BCUT2D eigenvalue weighted by atomic mass is 19.4. The number of methoxy groups -OCH3 is 1. The van der Waals surface area contributed by atoms with E-state index in [0.717, 1.165) is 12.1 Å². The summed E-state index contributed by atoms with van der Waals surface area (Å²) in [5.41, 5.74) is 5.94. The van der Waals surface area contributed by atoms with E-state index in [4.69, 9.17) is 24.7 Å².